The van der Waals surface area contributed by atoms with E-state index in [0.29, 0.717) is 0 Å². The van der Waals surface area contributed by atoms with E-state index in [0.717, 1.165) is 16.7 Å². The van der Waals surface area contributed by atoms with Gasteiger partial charge in [0.1, 0.15) is 6.61 Å². The third kappa shape index (κ3) is 4.35. The molecule has 5 nitrogen and oxygen atoms in total. The predicted octanol–water partition coefficient (Wildman–Crippen LogP) is 3.22. The highest BCUT2D eigenvalue weighted by atomic mass is 35.5. The first kappa shape index (κ1) is 18.4. The monoisotopic (exact) mass is 367 g/mol. The summed E-state index contributed by atoms with van der Waals surface area (Å²) in [4.78, 5) is 12.2. The van der Waals surface area contributed by atoms with Crippen LogP contribution in [-0.2, 0) is 21.4 Å². The van der Waals surface area contributed by atoms with Crippen molar-refractivity contribution in [3.05, 3.63) is 63.7 Å². The Hall–Kier alpha value is -1.89. The molecule has 0 radical (unpaired) electrons. The van der Waals surface area contributed by atoms with E-state index in [-0.39, 0.29) is 22.1 Å². The number of nitrogens with one attached hydrogen (secondary N) is 1. The number of ether oxygens (including phenoxy) is 1. The number of sulfonamides is 1. The van der Waals surface area contributed by atoms with Gasteiger partial charge in [0.25, 0.3) is 0 Å². The van der Waals surface area contributed by atoms with E-state index < -0.39 is 16.0 Å². The van der Waals surface area contributed by atoms with Crippen LogP contribution in [0.3, 0.4) is 0 Å². The molecule has 1 N–H and O–H groups in total. The van der Waals surface area contributed by atoms with Crippen molar-refractivity contribution in [3.63, 3.8) is 0 Å². The van der Waals surface area contributed by atoms with E-state index in [9.17, 15) is 13.2 Å². The maximum atomic E-state index is 12.3. The van der Waals surface area contributed by atoms with Gasteiger partial charge in [-0.1, -0.05) is 40.9 Å². The minimum absolute atomic E-state index is 0.0115. The van der Waals surface area contributed by atoms with Crippen molar-refractivity contribution < 1.29 is 17.9 Å². The Labute approximate surface area is 146 Å². The van der Waals surface area contributed by atoms with Gasteiger partial charge in [-0.05, 0) is 44.7 Å². The van der Waals surface area contributed by atoms with Gasteiger partial charge in [0.05, 0.1) is 15.5 Å². The lowest BCUT2D eigenvalue weighted by Crippen LogP contribution is -2.19. The Morgan fingerprint density at radius 2 is 1.75 bits per heavy atom. The summed E-state index contributed by atoms with van der Waals surface area (Å²) in [6, 6.07) is 9.76. The van der Waals surface area contributed by atoms with Gasteiger partial charge in [-0.15, -0.1) is 0 Å². The third-order valence-electron chi connectivity index (χ3n) is 3.39. The number of hydrogen-bond acceptors (Lipinski definition) is 4. The molecule has 2 rings (SSSR count). The van der Waals surface area contributed by atoms with Crippen LogP contribution in [0.5, 0.6) is 0 Å². The maximum absolute atomic E-state index is 12.3. The van der Waals surface area contributed by atoms with E-state index in [2.05, 4.69) is 4.72 Å². The molecule has 0 amide bonds. The number of carbonyl (C=O) groups is 1. The highest BCUT2D eigenvalue weighted by Crippen LogP contribution is 2.22. The first-order chi connectivity index (χ1) is 11.2. The van der Waals surface area contributed by atoms with Crippen LogP contribution >= 0.6 is 11.6 Å². The molecule has 0 aliphatic carbocycles. The molecular formula is C17H18ClNO4S. The molecule has 0 heterocycles. The Morgan fingerprint density at radius 1 is 1.12 bits per heavy atom. The number of carbonyl (C=O) groups excluding carboxylic acids is 1. The summed E-state index contributed by atoms with van der Waals surface area (Å²) in [5.41, 5.74) is 3.01. The fraction of sp³-hybridized carbons (Fsp3) is 0.235. The second-order valence-electron chi connectivity index (χ2n) is 5.42. The maximum Gasteiger partial charge on any atom is 0.340 e. The Morgan fingerprint density at radius 3 is 2.33 bits per heavy atom. The van der Waals surface area contributed by atoms with Gasteiger partial charge in [0, 0.05) is 0 Å². The molecular weight excluding hydrogens is 350 g/mol. The first-order valence-electron chi connectivity index (χ1n) is 7.20. The van der Waals surface area contributed by atoms with Gasteiger partial charge in [-0.25, -0.2) is 17.9 Å². The predicted molar refractivity (Wildman–Crippen MR) is 92.7 cm³/mol. The highest BCUT2D eigenvalue weighted by Gasteiger charge is 2.18. The second-order valence-corrected chi connectivity index (χ2v) is 7.72. The quantitative estimate of drug-likeness (QED) is 0.823. The molecule has 0 fully saturated rings. The minimum Gasteiger partial charge on any atom is -0.457 e. The van der Waals surface area contributed by atoms with Crippen molar-refractivity contribution in [3.8, 4) is 0 Å². The molecule has 0 unspecified atom stereocenters. The SMILES string of the molecule is CNS(=O)(=O)c1ccc(Cl)c(C(=O)OCc2cc(C)cc(C)c2)c1. The zero-order chi connectivity index (χ0) is 17.9. The van der Waals surface area contributed by atoms with Crippen molar-refractivity contribution in [1.82, 2.24) is 4.72 Å². The number of aryl methyl sites for hydroxylation is 2. The molecule has 0 aromatic heterocycles. The summed E-state index contributed by atoms with van der Waals surface area (Å²) < 4.78 is 31.1. The van der Waals surface area contributed by atoms with Crippen LogP contribution in [0.2, 0.25) is 5.02 Å². The van der Waals surface area contributed by atoms with Gasteiger partial charge in [0.15, 0.2) is 0 Å². The van der Waals surface area contributed by atoms with Crippen LogP contribution in [0.4, 0.5) is 0 Å². The molecule has 0 bridgehead atoms. The molecule has 0 saturated heterocycles. The Bertz CT molecular complexity index is 858. The minimum atomic E-state index is -3.67. The molecule has 0 aliphatic heterocycles. The smallest absolute Gasteiger partial charge is 0.340 e. The molecule has 7 heteroatoms. The summed E-state index contributed by atoms with van der Waals surface area (Å²) in [6.45, 7) is 4.00. The van der Waals surface area contributed by atoms with Gasteiger partial charge in [-0.2, -0.15) is 0 Å². The fourth-order valence-corrected chi connectivity index (χ4v) is 3.28. The zero-order valence-electron chi connectivity index (χ0n) is 13.6. The number of benzene rings is 2. The Balaban J connectivity index is 2.22. The fourth-order valence-electron chi connectivity index (χ4n) is 2.32. The van der Waals surface area contributed by atoms with E-state index in [1.807, 2.05) is 32.0 Å². The van der Waals surface area contributed by atoms with Crippen molar-refractivity contribution >= 4 is 27.6 Å². The Kier molecular flexibility index (Phi) is 5.64. The number of halogens is 1. The van der Waals surface area contributed by atoms with E-state index >= 15 is 0 Å². The zero-order valence-corrected chi connectivity index (χ0v) is 15.2. The molecule has 24 heavy (non-hydrogen) atoms. The lowest BCUT2D eigenvalue weighted by molar-refractivity contribution is 0.0472. The van der Waals surface area contributed by atoms with E-state index in [1.54, 1.807) is 0 Å². The topological polar surface area (TPSA) is 72.5 Å². The summed E-state index contributed by atoms with van der Waals surface area (Å²) >= 11 is 6.00. The molecule has 0 saturated carbocycles. The van der Waals surface area contributed by atoms with Crippen LogP contribution in [0, 0.1) is 13.8 Å². The highest BCUT2D eigenvalue weighted by molar-refractivity contribution is 7.89. The van der Waals surface area contributed by atoms with Crippen LogP contribution in [0.1, 0.15) is 27.0 Å². The molecule has 0 spiro atoms. The average Bonchev–Trinajstić information content (AvgIpc) is 2.52. The van der Waals surface area contributed by atoms with Gasteiger partial charge >= 0.3 is 5.97 Å². The normalized spacial score (nSPS) is 11.3. The molecule has 0 atom stereocenters. The van der Waals surface area contributed by atoms with E-state index in [1.165, 1.54) is 25.2 Å². The van der Waals surface area contributed by atoms with Crippen molar-refractivity contribution in [2.75, 3.05) is 7.05 Å². The van der Waals surface area contributed by atoms with Crippen molar-refractivity contribution in [1.29, 1.82) is 0 Å². The van der Waals surface area contributed by atoms with Gasteiger partial charge in [0.2, 0.25) is 10.0 Å². The third-order valence-corrected chi connectivity index (χ3v) is 5.13. The van der Waals surface area contributed by atoms with Crippen LogP contribution in [0.25, 0.3) is 0 Å². The molecule has 0 aliphatic rings. The number of rotatable bonds is 5. The molecule has 128 valence electrons. The van der Waals surface area contributed by atoms with Gasteiger partial charge in [-0.3, -0.25) is 0 Å². The van der Waals surface area contributed by atoms with Crippen LogP contribution in [-0.4, -0.2) is 21.4 Å². The van der Waals surface area contributed by atoms with Crippen LogP contribution < -0.4 is 4.72 Å². The summed E-state index contributed by atoms with van der Waals surface area (Å²) in [5.74, 6) is -0.674. The summed E-state index contributed by atoms with van der Waals surface area (Å²) in [7, 11) is -2.37. The summed E-state index contributed by atoms with van der Waals surface area (Å²) in [6.07, 6.45) is 0. The number of hydrogen-bond donors (Lipinski definition) is 1. The number of esters is 1. The van der Waals surface area contributed by atoms with Gasteiger partial charge < -0.3 is 4.74 Å². The van der Waals surface area contributed by atoms with Crippen LogP contribution in [0.15, 0.2) is 41.3 Å². The second kappa shape index (κ2) is 7.34. The largest absolute Gasteiger partial charge is 0.457 e. The average molecular weight is 368 g/mol. The molecule has 2 aromatic carbocycles. The lowest BCUT2D eigenvalue weighted by Gasteiger charge is -2.10. The first-order valence-corrected chi connectivity index (χ1v) is 9.06. The summed E-state index contributed by atoms with van der Waals surface area (Å²) in [5, 5.41) is 0.135. The van der Waals surface area contributed by atoms with Crippen molar-refractivity contribution in [2.45, 2.75) is 25.3 Å². The standard InChI is InChI=1S/C17H18ClNO4S/c1-11-6-12(2)8-13(7-11)10-23-17(20)15-9-14(4-5-16(15)18)24(21,22)19-3/h4-9,19H,10H2,1-3H3. The molecule has 2 aromatic rings. The lowest BCUT2D eigenvalue weighted by atomic mass is 10.1. The van der Waals surface area contributed by atoms with E-state index in [4.69, 9.17) is 16.3 Å². The van der Waals surface area contributed by atoms with Crippen molar-refractivity contribution in [2.24, 2.45) is 0 Å².